The van der Waals surface area contributed by atoms with Crippen molar-refractivity contribution in [1.82, 2.24) is 9.78 Å². The molecule has 14 heavy (non-hydrogen) atoms. The van der Waals surface area contributed by atoms with Gasteiger partial charge in [0.25, 0.3) is 0 Å². The summed E-state index contributed by atoms with van der Waals surface area (Å²) in [6.07, 6.45) is 3.58. The smallest absolute Gasteiger partial charge is 0.193 e. The van der Waals surface area contributed by atoms with E-state index in [2.05, 4.69) is 10.1 Å². The van der Waals surface area contributed by atoms with Crippen LogP contribution in [0.1, 0.15) is 0 Å². The molecule has 0 aliphatic rings. The van der Waals surface area contributed by atoms with E-state index in [1.165, 1.54) is 11.8 Å². The third kappa shape index (κ3) is 3.94. The maximum Gasteiger partial charge on any atom is 0.193 e. The van der Waals surface area contributed by atoms with Gasteiger partial charge in [0.15, 0.2) is 11.1 Å². The van der Waals surface area contributed by atoms with Crippen LogP contribution < -0.4 is 11.5 Å². The Morgan fingerprint density at radius 3 is 2.93 bits per heavy atom. The zero-order chi connectivity index (χ0) is 10.4. The minimum Gasteiger partial charge on any atom is -0.370 e. The second-order valence-corrected chi connectivity index (χ2v) is 3.54. The van der Waals surface area contributed by atoms with Gasteiger partial charge in [-0.15, -0.1) is 0 Å². The monoisotopic (exact) mass is 212 g/mol. The molecule has 0 atom stereocenters. The van der Waals surface area contributed by atoms with Gasteiger partial charge in [0.1, 0.15) is 0 Å². The van der Waals surface area contributed by atoms with Crippen LogP contribution in [0.15, 0.2) is 23.5 Å². The number of thioether (sulfide) groups is 1. The number of guanidine groups is 1. The summed E-state index contributed by atoms with van der Waals surface area (Å²) in [6, 6.07) is 1.85. The molecule has 5 N–H and O–H groups in total. The van der Waals surface area contributed by atoms with Gasteiger partial charge in [-0.2, -0.15) is 10.1 Å². The summed E-state index contributed by atoms with van der Waals surface area (Å²) in [7, 11) is 0. The number of nitrogens with zero attached hydrogens (tertiary/aromatic N) is 3. The molecule has 0 saturated heterocycles. The largest absolute Gasteiger partial charge is 0.370 e. The van der Waals surface area contributed by atoms with Crippen LogP contribution in [0.2, 0.25) is 0 Å². The van der Waals surface area contributed by atoms with Crippen molar-refractivity contribution in [2.45, 2.75) is 6.54 Å². The van der Waals surface area contributed by atoms with E-state index in [1.807, 2.05) is 12.3 Å². The van der Waals surface area contributed by atoms with Gasteiger partial charge in [-0.1, -0.05) is 11.8 Å². The summed E-state index contributed by atoms with van der Waals surface area (Å²) in [5.74, 6) is 0.638. The standard InChI is InChI=1S/C7H12N6S/c8-6(9)12-7(10)14-5-4-13-3-1-2-11-13/h1-3H,4-5H2,(H5,8,9,10,12). The van der Waals surface area contributed by atoms with E-state index in [0.717, 1.165) is 12.3 Å². The molecule has 1 aromatic rings. The molecule has 0 amide bonds. The zero-order valence-corrected chi connectivity index (χ0v) is 8.37. The Morgan fingerprint density at radius 2 is 2.36 bits per heavy atom. The fraction of sp³-hybridized carbons (Fsp3) is 0.286. The first-order valence-corrected chi connectivity index (χ1v) is 4.95. The van der Waals surface area contributed by atoms with E-state index in [9.17, 15) is 0 Å². The van der Waals surface area contributed by atoms with Gasteiger partial charge in [0, 0.05) is 18.1 Å². The SMILES string of the molecule is N=C(N=C(N)N)SCCn1cccn1. The van der Waals surface area contributed by atoms with E-state index in [1.54, 1.807) is 10.9 Å². The molecule has 0 spiro atoms. The Kier molecular flexibility index (Phi) is 3.99. The Bertz CT molecular complexity index is 313. The van der Waals surface area contributed by atoms with Gasteiger partial charge in [0.2, 0.25) is 0 Å². The predicted molar refractivity (Wildman–Crippen MR) is 58.2 cm³/mol. The summed E-state index contributed by atoms with van der Waals surface area (Å²) >= 11 is 1.28. The number of aromatic nitrogens is 2. The molecule has 0 saturated carbocycles. The van der Waals surface area contributed by atoms with E-state index in [4.69, 9.17) is 16.9 Å². The first-order chi connectivity index (χ1) is 6.68. The molecule has 76 valence electrons. The molecule has 0 aliphatic carbocycles. The molecule has 0 radical (unpaired) electrons. The third-order valence-corrected chi connectivity index (χ3v) is 2.10. The van der Waals surface area contributed by atoms with Gasteiger partial charge in [-0.25, -0.2) is 0 Å². The van der Waals surface area contributed by atoms with Gasteiger partial charge < -0.3 is 11.5 Å². The highest BCUT2D eigenvalue weighted by Crippen LogP contribution is 2.03. The van der Waals surface area contributed by atoms with Crippen molar-refractivity contribution in [1.29, 1.82) is 5.41 Å². The molecule has 0 bridgehead atoms. The maximum atomic E-state index is 7.33. The van der Waals surface area contributed by atoms with Crippen molar-refractivity contribution in [3.63, 3.8) is 0 Å². The van der Waals surface area contributed by atoms with Crippen LogP contribution in [-0.2, 0) is 6.54 Å². The number of hydrogen-bond donors (Lipinski definition) is 3. The summed E-state index contributed by atoms with van der Waals surface area (Å²) in [5.41, 5.74) is 10.2. The van der Waals surface area contributed by atoms with Gasteiger partial charge >= 0.3 is 0 Å². The minimum atomic E-state index is -0.0819. The number of hydrogen-bond acceptors (Lipinski definition) is 3. The van der Waals surface area contributed by atoms with Gasteiger partial charge in [-0.3, -0.25) is 10.1 Å². The van der Waals surface area contributed by atoms with Crippen molar-refractivity contribution >= 4 is 22.9 Å². The van der Waals surface area contributed by atoms with Gasteiger partial charge in [-0.05, 0) is 6.07 Å². The fourth-order valence-electron chi connectivity index (χ4n) is 0.818. The average Bonchev–Trinajstić information content (AvgIpc) is 2.55. The van der Waals surface area contributed by atoms with Crippen LogP contribution >= 0.6 is 11.8 Å². The molecule has 6 nitrogen and oxygen atoms in total. The van der Waals surface area contributed by atoms with Crippen molar-refractivity contribution in [3.05, 3.63) is 18.5 Å². The second-order valence-electron chi connectivity index (χ2n) is 2.46. The summed E-state index contributed by atoms with van der Waals surface area (Å²) in [6.45, 7) is 0.736. The van der Waals surface area contributed by atoms with E-state index >= 15 is 0 Å². The number of aryl methyl sites for hydroxylation is 1. The van der Waals surface area contributed by atoms with Gasteiger partial charge in [0.05, 0.1) is 6.54 Å². The minimum absolute atomic E-state index is 0.0819. The van der Waals surface area contributed by atoms with E-state index in [0.29, 0.717) is 0 Å². The molecule has 0 aliphatic heterocycles. The summed E-state index contributed by atoms with van der Waals surface area (Å²) in [4.78, 5) is 3.59. The van der Waals surface area contributed by atoms with Crippen molar-refractivity contribution in [2.75, 3.05) is 5.75 Å². The molecule has 0 aromatic carbocycles. The Morgan fingerprint density at radius 1 is 1.57 bits per heavy atom. The number of nitrogens with one attached hydrogen (secondary N) is 1. The number of rotatable bonds is 3. The predicted octanol–water partition coefficient (Wildman–Crippen LogP) is -0.176. The summed E-state index contributed by atoms with van der Waals surface area (Å²) in [5, 5.41) is 11.5. The number of nitrogens with two attached hydrogens (primary N) is 2. The quantitative estimate of drug-likeness (QED) is 0.477. The lowest BCUT2D eigenvalue weighted by atomic mass is 10.7. The molecule has 0 unspecified atom stereocenters. The molecule has 1 rings (SSSR count). The number of amidine groups is 1. The first-order valence-electron chi connectivity index (χ1n) is 3.97. The van der Waals surface area contributed by atoms with Crippen molar-refractivity contribution in [2.24, 2.45) is 16.5 Å². The highest BCUT2D eigenvalue weighted by Gasteiger charge is 1.96. The Hall–Kier alpha value is -1.50. The van der Waals surface area contributed by atoms with Crippen LogP contribution in [0, 0.1) is 5.41 Å². The van der Waals surface area contributed by atoms with Crippen LogP contribution in [-0.4, -0.2) is 26.7 Å². The zero-order valence-electron chi connectivity index (χ0n) is 7.55. The Labute approximate surface area is 85.9 Å². The van der Waals surface area contributed by atoms with Crippen LogP contribution in [0.25, 0.3) is 0 Å². The lowest BCUT2D eigenvalue weighted by molar-refractivity contribution is 0.667. The van der Waals surface area contributed by atoms with Crippen molar-refractivity contribution in [3.8, 4) is 0 Å². The normalized spacial score (nSPS) is 9.71. The fourth-order valence-corrected chi connectivity index (χ4v) is 1.46. The van der Waals surface area contributed by atoms with Crippen molar-refractivity contribution < 1.29 is 0 Å². The summed E-state index contributed by atoms with van der Waals surface area (Å²) < 4.78 is 1.79. The molecule has 0 fully saturated rings. The maximum absolute atomic E-state index is 7.33. The number of aliphatic imine (C=N–C) groups is 1. The van der Waals surface area contributed by atoms with Crippen LogP contribution in [0.5, 0.6) is 0 Å². The highest BCUT2D eigenvalue weighted by atomic mass is 32.2. The van der Waals surface area contributed by atoms with E-state index < -0.39 is 0 Å². The molecular weight excluding hydrogens is 200 g/mol. The third-order valence-electron chi connectivity index (χ3n) is 1.35. The molecule has 1 heterocycles. The van der Waals surface area contributed by atoms with Crippen LogP contribution in [0.4, 0.5) is 0 Å². The molecular formula is C7H12N6S. The second kappa shape index (κ2) is 5.28. The lowest BCUT2D eigenvalue weighted by Crippen LogP contribution is -2.23. The average molecular weight is 212 g/mol. The highest BCUT2D eigenvalue weighted by molar-refractivity contribution is 8.13. The van der Waals surface area contributed by atoms with Crippen LogP contribution in [0.3, 0.4) is 0 Å². The Balaban J connectivity index is 2.22. The lowest BCUT2D eigenvalue weighted by Gasteiger charge is -2.00. The topological polar surface area (TPSA) is 106 Å². The molecule has 1 aromatic heterocycles. The molecule has 7 heteroatoms. The first kappa shape index (κ1) is 10.6. The van der Waals surface area contributed by atoms with E-state index in [-0.39, 0.29) is 11.1 Å².